The van der Waals surface area contributed by atoms with Crippen molar-refractivity contribution in [2.45, 2.75) is 112 Å². The van der Waals surface area contributed by atoms with Crippen LogP contribution in [0.25, 0.3) is 0 Å². The Hall–Kier alpha value is -1.67. The van der Waals surface area contributed by atoms with E-state index >= 15 is 0 Å². The fourth-order valence-electron chi connectivity index (χ4n) is 3.91. The van der Waals surface area contributed by atoms with E-state index in [0.29, 0.717) is 0 Å². The molecule has 1 unspecified atom stereocenters. The van der Waals surface area contributed by atoms with Gasteiger partial charge in [-0.2, -0.15) is 0 Å². The number of rotatable bonds is 13. The topological polar surface area (TPSA) is 88.2 Å². The molecular formula is C27H57N3O5. The summed E-state index contributed by atoms with van der Waals surface area (Å²) in [5.74, 6) is -0.506. The largest absolute Gasteiger partial charge is 0.460 e. The van der Waals surface area contributed by atoms with Crippen molar-refractivity contribution in [2.24, 2.45) is 11.8 Å². The summed E-state index contributed by atoms with van der Waals surface area (Å²) in [6.07, 6.45) is 2.45. The number of carbonyl (C=O) groups is 3. The molecule has 0 aromatic heterocycles. The first-order chi connectivity index (χ1) is 16.1. The smallest absolute Gasteiger partial charge is 0.309 e. The van der Waals surface area contributed by atoms with Crippen molar-refractivity contribution in [3.05, 3.63) is 0 Å². The van der Waals surface area contributed by atoms with E-state index in [9.17, 15) is 14.4 Å². The third kappa shape index (κ3) is 13.9. The molecule has 0 saturated heterocycles. The molecule has 0 spiro atoms. The van der Waals surface area contributed by atoms with Crippen LogP contribution in [0.1, 0.15) is 89.4 Å². The number of nitrogens with zero attached hydrogens (tertiary/aromatic N) is 2. The lowest BCUT2D eigenvalue weighted by atomic mass is 9.91. The Morgan fingerprint density at radius 3 is 1.80 bits per heavy atom. The normalized spacial score (nSPS) is 15.7. The third-order valence-corrected chi connectivity index (χ3v) is 5.96. The van der Waals surface area contributed by atoms with Gasteiger partial charge in [0, 0.05) is 15.6 Å². The predicted molar refractivity (Wildman–Crippen MR) is 145 cm³/mol. The molecule has 35 heavy (non-hydrogen) atoms. The summed E-state index contributed by atoms with van der Waals surface area (Å²) < 4.78 is 11.1. The maximum atomic E-state index is 13.0. The van der Waals surface area contributed by atoms with Crippen LogP contribution in [0.3, 0.4) is 0 Å². The van der Waals surface area contributed by atoms with Gasteiger partial charge in [-0.3, -0.25) is 19.3 Å². The van der Waals surface area contributed by atoms with Gasteiger partial charge in [0.15, 0.2) is 0 Å². The second kappa shape index (κ2) is 17.7. The minimum atomic E-state index is -0.591. The lowest BCUT2D eigenvalue weighted by molar-refractivity contribution is -0.160. The quantitative estimate of drug-likeness (QED) is 0.376. The molecule has 8 nitrogen and oxygen atoms in total. The zero-order valence-electron chi connectivity index (χ0n) is 24.9. The van der Waals surface area contributed by atoms with Crippen LogP contribution in [-0.2, 0) is 23.9 Å². The molecule has 2 amide bonds. The predicted octanol–water partition coefficient (Wildman–Crippen LogP) is 4.36. The summed E-state index contributed by atoms with van der Waals surface area (Å²) in [6, 6.07) is -0.636. The summed E-state index contributed by atoms with van der Waals surface area (Å²) in [7, 11) is 6.97. The summed E-state index contributed by atoms with van der Waals surface area (Å²) in [6.45, 7) is 17.7. The molecule has 0 aliphatic rings. The molecule has 0 rings (SSSR count). The lowest BCUT2D eigenvalue weighted by Crippen LogP contribution is -2.54. The van der Waals surface area contributed by atoms with Crippen molar-refractivity contribution < 1.29 is 25.3 Å². The van der Waals surface area contributed by atoms with E-state index in [1.807, 2.05) is 67.5 Å². The van der Waals surface area contributed by atoms with Crippen molar-refractivity contribution in [2.75, 3.05) is 34.8 Å². The number of nitrogens with one attached hydrogen (secondary N) is 1. The van der Waals surface area contributed by atoms with Gasteiger partial charge in [-0.15, -0.1) is 0 Å². The van der Waals surface area contributed by atoms with Crippen LogP contribution < -0.4 is 5.32 Å². The third-order valence-electron chi connectivity index (χ3n) is 5.96. The molecule has 0 fully saturated rings. The molecule has 1 N–H and O–H groups in total. The summed E-state index contributed by atoms with van der Waals surface area (Å²) >= 11 is 0. The fraction of sp³-hybridized carbons (Fsp3) is 0.889. The molecule has 210 valence electrons. The van der Waals surface area contributed by atoms with Crippen LogP contribution in [0.2, 0.25) is 0 Å². The Kier molecular flexibility index (Phi) is 18.0. The highest BCUT2D eigenvalue weighted by atomic mass is 16.6. The summed E-state index contributed by atoms with van der Waals surface area (Å²) in [4.78, 5) is 41.6. The van der Waals surface area contributed by atoms with Crippen molar-refractivity contribution in [1.82, 2.24) is 15.1 Å². The minimum absolute atomic E-state index is 0. The Balaban J connectivity index is -0.00000258. The molecule has 0 radical (unpaired) electrons. The molecule has 0 aliphatic heterocycles. The van der Waals surface area contributed by atoms with Gasteiger partial charge in [0.25, 0.3) is 0 Å². The van der Waals surface area contributed by atoms with Crippen LogP contribution in [0.5, 0.6) is 0 Å². The van der Waals surface area contributed by atoms with Crippen LogP contribution in [-0.4, -0.2) is 86.2 Å². The van der Waals surface area contributed by atoms with E-state index in [1.54, 1.807) is 19.1 Å². The van der Waals surface area contributed by atoms with Crippen LogP contribution in [0.4, 0.5) is 0 Å². The van der Waals surface area contributed by atoms with Crippen LogP contribution in [0.15, 0.2) is 0 Å². The summed E-state index contributed by atoms with van der Waals surface area (Å²) in [5, 5.41) is 2.80. The van der Waals surface area contributed by atoms with E-state index < -0.39 is 11.7 Å². The molecular weight excluding hydrogens is 446 g/mol. The molecule has 0 aromatic rings. The van der Waals surface area contributed by atoms with Crippen LogP contribution >= 0.6 is 0 Å². The number of esters is 1. The molecule has 0 aliphatic carbocycles. The first-order valence-corrected chi connectivity index (χ1v) is 13.1. The second-order valence-electron chi connectivity index (χ2n) is 10.7. The molecule has 0 aromatic carbocycles. The average molecular weight is 504 g/mol. The first kappa shape index (κ1) is 35.5. The van der Waals surface area contributed by atoms with Gasteiger partial charge >= 0.3 is 5.97 Å². The van der Waals surface area contributed by atoms with E-state index in [2.05, 4.69) is 19.2 Å². The maximum absolute atomic E-state index is 13.0. The molecule has 8 heteroatoms. The van der Waals surface area contributed by atoms with Crippen LogP contribution in [0, 0.1) is 11.8 Å². The number of likely N-dealkylation sites (N-methyl/N-ethyl adjacent to an activating group) is 2. The zero-order valence-corrected chi connectivity index (χ0v) is 24.9. The van der Waals surface area contributed by atoms with E-state index in [-0.39, 0.29) is 56.1 Å². The standard InChI is InChI=1S/C24H47N3O5.C3H8.H2/c1-12-16(3)21(18(31-11)14-20(29)32-24(5,6)7)27(10)19(28)15-25-23(30)22(26(8)9)17(4)13-2;1-3-2;/h16-18,21-22H,12-15H2,1-11H3,(H,25,30);3H2,1-2H3;1H/t16-,17?,18+,21-,22-;;/m0../s1. The second-order valence-corrected chi connectivity index (χ2v) is 10.7. The van der Waals surface area contributed by atoms with Gasteiger partial charge in [0.05, 0.1) is 31.2 Å². The Morgan fingerprint density at radius 1 is 0.943 bits per heavy atom. The van der Waals surface area contributed by atoms with E-state index in [0.717, 1.165) is 12.8 Å². The number of hydrogen-bond acceptors (Lipinski definition) is 6. The Bertz CT molecular complexity index is 625. The van der Waals surface area contributed by atoms with Gasteiger partial charge in [0.2, 0.25) is 11.8 Å². The molecule has 5 atom stereocenters. The molecule has 0 heterocycles. The van der Waals surface area contributed by atoms with Crippen molar-refractivity contribution in [3.8, 4) is 0 Å². The number of amides is 2. The average Bonchev–Trinajstić information content (AvgIpc) is 2.75. The number of carbonyl (C=O) groups excluding carboxylic acids is 3. The number of ether oxygens (including phenoxy) is 2. The molecule has 0 saturated carbocycles. The van der Waals surface area contributed by atoms with E-state index in [4.69, 9.17) is 9.47 Å². The minimum Gasteiger partial charge on any atom is -0.460 e. The highest BCUT2D eigenvalue weighted by Crippen LogP contribution is 2.23. The Labute approximate surface area is 216 Å². The fourth-order valence-corrected chi connectivity index (χ4v) is 3.91. The van der Waals surface area contributed by atoms with Crippen molar-refractivity contribution >= 4 is 17.8 Å². The van der Waals surface area contributed by atoms with Gasteiger partial charge < -0.3 is 19.7 Å². The van der Waals surface area contributed by atoms with Gasteiger partial charge in [-0.1, -0.05) is 60.8 Å². The maximum Gasteiger partial charge on any atom is 0.309 e. The highest BCUT2D eigenvalue weighted by molar-refractivity contribution is 5.87. The SMILES string of the molecule is CCC.CCC(C)[C@@H](C(=O)NCC(=O)N(C)[C@@H]([C@@H](C)CC)[C@@H](CC(=O)OC(C)(C)C)OC)N(C)C.[HH]. The number of hydrogen-bond donors (Lipinski definition) is 1. The lowest BCUT2D eigenvalue weighted by Gasteiger charge is -2.38. The monoisotopic (exact) mass is 503 g/mol. The number of methoxy groups -OCH3 is 1. The van der Waals surface area contributed by atoms with Gasteiger partial charge in [0.1, 0.15) is 5.60 Å². The van der Waals surface area contributed by atoms with Crippen molar-refractivity contribution in [3.63, 3.8) is 0 Å². The Morgan fingerprint density at radius 2 is 1.43 bits per heavy atom. The first-order valence-electron chi connectivity index (χ1n) is 13.1. The zero-order chi connectivity index (χ0) is 27.9. The van der Waals surface area contributed by atoms with Crippen molar-refractivity contribution in [1.29, 1.82) is 0 Å². The highest BCUT2D eigenvalue weighted by Gasteiger charge is 2.35. The summed E-state index contributed by atoms with van der Waals surface area (Å²) in [5.41, 5.74) is -0.591. The van der Waals surface area contributed by atoms with Gasteiger partial charge in [-0.25, -0.2) is 0 Å². The molecule has 0 bridgehead atoms. The van der Waals surface area contributed by atoms with E-state index in [1.165, 1.54) is 6.42 Å². The van der Waals surface area contributed by atoms with Gasteiger partial charge in [-0.05, 0) is 46.7 Å².